The summed E-state index contributed by atoms with van der Waals surface area (Å²) in [5.41, 5.74) is 1.67. The van der Waals surface area contributed by atoms with Crippen LogP contribution in [0.2, 0.25) is 0 Å². The molecule has 62 valence electrons. The summed E-state index contributed by atoms with van der Waals surface area (Å²) in [6.45, 7) is 4.78. The molecule has 1 atom stereocenters. The van der Waals surface area contributed by atoms with Gasteiger partial charge in [0.25, 0.3) is 0 Å². The number of fused-ring (bicyclic) bond motifs is 1. The second kappa shape index (κ2) is 2.88. The smallest absolute Gasteiger partial charge is 0.0181 e. The van der Waals surface area contributed by atoms with E-state index in [0.29, 0.717) is 0 Å². The third kappa shape index (κ3) is 1.17. The van der Waals surface area contributed by atoms with Crippen LogP contribution >= 0.6 is 0 Å². The van der Waals surface area contributed by atoms with E-state index in [1.807, 2.05) is 0 Å². The largest absolute Gasteiger partial charge is 0.375 e. The Kier molecular flexibility index (Phi) is 1.89. The topological polar surface area (TPSA) is 3.24 Å². The van der Waals surface area contributed by atoms with Gasteiger partial charge in [-0.3, -0.25) is 0 Å². The molecule has 0 aromatic carbocycles. The number of nitrogens with zero attached hydrogens (tertiary/aromatic N) is 1. The second-order valence-corrected chi connectivity index (χ2v) is 3.63. The van der Waals surface area contributed by atoms with Crippen molar-refractivity contribution < 1.29 is 0 Å². The zero-order chi connectivity index (χ0) is 7.68. The van der Waals surface area contributed by atoms with Crippen LogP contribution in [0.1, 0.15) is 32.6 Å². The molecule has 0 amide bonds. The summed E-state index contributed by atoms with van der Waals surface area (Å²) in [7, 11) is 0. The van der Waals surface area contributed by atoms with E-state index in [1.165, 1.54) is 38.8 Å². The van der Waals surface area contributed by atoms with Gasteiger partial charge in [0, 0.05) is 24.7 Å². The van der Waals surface area contributed by atoms with Crippen LogP contribution in [0.25, 0.3) is 0 Å². The first-order valence-corrected chi connectivity index (χ1v) is 4.87. The highest BCUT2D eigenvalue weighted by atomic mass is 15.2. The molecule has 1 saturated heterocycles. The van der Waals surface area contributed by atoms with Gasteiger partial charge < -0.3 is 4.90 Å². The summed E-state index contributed by atoms with van der Waals surface area (Å²) in [5, 5.41) is 0. The first-order valence-electron chi connectivity index (χ1n) is 4.87. The minimum absolute atomic E-state index is 0.934. The molecule has 1 heterocycles. The van der Waals surface area contributed by atoms with Crippen molar-refractivity contribution >= 4 is 0 Å². The van der Waals surface area contributed by atoms with E-state index in [2.05, 4.69) is 17.9 Å². The third-order valence-electron chi connectivity index (χ3n) is 3.02. The molecule has 1 unspecified atom stereocenters. The van der Waals surface area contributed by atoms with Gasteiger partial charge in [0.05, 0.1) is 0 Å². The van der Waals surface area contributed by atoms with Gasteiger partial charge in [0.1, 0.15) is 0 Å². The molecule has 0 bridgehead atoms. The van der Waals surface area contributed by atoms with Crippen LogP contribution in [-0.4, -0.2) is 18.0 Å². The van der Waals surface area contributed by atoms with Crippen molar-refractivity contribution in [1.82, 2.24) is 4.90 Å². The van der Waals surface area contributed by atoms with Crippen LogP contribution in [0.15, 0.2) is 11.8 Å². The van der Waals surface area contributed by atoms with Gasteiger partial charge in [-0.1, -0.05) is 6.08 Å². The lowest BCUT2D eigenvalue weighted by atomic mass is 9.93. The molecule has 1 heteroatoms. The van der Waals surface area contributed by atoms with Gasteiger partial charge in [0.15, 0.2) is 0 Å². The predicted octanol–water partition coefficient (Wildman–Crippen LogP) is 2.40. The third-order valence-corrected chi connectivity index (χ3v) is 3.02. The molecular weight excluding hydrogens is 134 g/mol. The van der Waals surface area contributed by atoms with E-state index in [1.54, 1.807) is 5.70 Å². The van der Waals surface area contributed by atoms with E-state index >= 15 is 0 Å². The molecule has 1 fully saturated rings. The summed E-state index contributed by atoms with van der Waals surface area (Å²) in [4.78, 5) is 2.55. The Bertz CT molecular complexity index is 172. The van der Waals surface area contributed by atoms with E-state index < -0.39 is 0 Å². The Morgan fingerprint density at radius 1 is 1.55 bits per heavy atom. The zero-order valence-electron chi connectivity index (χ0n) is 7.34. The number of allylic oxidation sites excluding steroid dienone is 2. The average Bonchev–Trinajstić information content (AvgIpc) is 2.47. The minimum atomic E-state index is 0.934. The van der Waals surface area contributed by atoms with Crippen molar-refractivity contribution in [3.05, 3.63) is 11.8 Å². The Labute approximate surface area is 69.1 Å². The van der Waals surface area contributed by atoms with Crippen molar-refractivity contribution in [3.63, 3.8) is 0 Å². The van der Waals surface area contributed by atoms with Crippen molar-refractivity contribution in [1.29, 1.82) is 0 Å². The minimum Gasteiger partial charge on any atom is -0.375 e. The van der Waals surface area contributed by atoms with Crippen LogP contribution in [0, 0.1) is 5.92 Å². The van der Waals surface area contributed by atoms with Crippen molar-refractivity contribution in [2.75, 3.05) is 13.1 Å². The van der Waals surface area contributed by atoms with Gasteiger partial charge in [0.2, 0.25) is 0 Å². The molecule has 1 nitrogen and oxygen atoms in total. The maximum Gasteiger partial charge on any atom is 0.0181 e. The first kappa shape index (κ1) is 7.20. The Balaban J connectivity index is 2.13. The lowest BCUT2D eigenvalue weighted by Gasteiger charge is -2.23. The second-order valence-electron chi connectivity index (χ2n) is 3.63. The fourth-order valence-electron chi connectivity index (χ4n) is 2.39. The zero-order valence-corrected chi connectivity index (χ0v) is 7.34. The molecule has 2 aliphatic rings. The summed E-state index contributed by atoms with van der Waals surface area (Å²) in [5.74, 6) is 0.934. The van der Waals surface area contributed by atoms with Crippen LogP contribution in [-0.2, 0) is 0 Å². The molecule has 0 saturated carbocycles. The molecule has 1 aliphatic carbocycles. The highest BCUT2D eigenvalue weighted by molar-refractivity contribution is 5.13. The lowest BCUT2D eigenvalue weighted by Crippen LogP contribution is -2.19. The van der Waals surface area contributed by atoms with Crippen molar-refractivity contribution in [2.45, 2.75) is 32.6 Å². The molecule has 11 heavy (non-hydrogen) atoms. The van der Waals surface area contributed by atoms with Gasteiger partial charge in [-0.15, -0.1) is 0 Å². The molecule has 0 aromatic heterocycles. The fraction of sp³-hybridized carbons (Fsp3) is 0.800. The van der Waals surface area contributed by atoms with E-state index in [4.69, 9.17) is 0 Å². The fourth-order valence-corrected chi connectivity index (χ4v) is 2.39. The summed E-state index contributed by atoms with van der Waals surface area (Å²) >= 11 is 0. The number of rotatable bonds is 1. The highest BCUT2D eigenvalue weighted by Crippen LogP contribution is 2.35. The summed E-state index contributed by atoms with van der Waals surface area (Å²) < 4.78 is 0. The molecule has 0 radical (unpaired) electrons. The van der Waals surface area contributed by atoms with Crippen LogP contribution in [0.4, 0.5) is 0 Å². The highest BCUT2D eigenvalue weighted by Gasteiger charge is 2.27. The molecule has 2 rings (SSSR count). The van der Waals surface area contributed by atoms with Crippen LogP contribution < -0.4 is 0 Å². The molecule has 0 aromatic rings. The number of hydrogen-bond acceptors (Lipinski definition) is 1. The van der Waals surface area contributed by atoms with Gasteiger partial charge in [-0.25, -0.2) is 0 Å². The van der Waals surface area contributed by atoms with Crippen LogP contribution in [0.5, 0.6) is 0 Å². The Morgan fingerprint density at radius 2 is 2.45 bits per heavy atom. The van der Waals surface area contributed by atoms with Gasteiger partial charge >= 0.3 is 0 Å². The maximum absolute atomic E-state index is 2.55. The Morgan fingerprint density at radius 3 is 3.27 bits per heavy atom. The standard InChI is InChI=1S/C10H17N/c1-2-11-8-7-9-5-3-4-6-10(9)11/h6,9H,2-5,7-8H2,1H3. The first-order chi connectivity index (χ1) is 5.42. The van der Waals surface area contributed by atoms with Crippen LogP contribution in [0.3, 0.4) is 0 Å². The number of likely N-dealkylation sites (tertiary alicyclic amines) is 1. The van der Waals surface area contributed by atoms with E-state index in [-0.39, 0.29) is 0 Å². The van der Waals surface area contributed by atoms with Gasteiger partial charge in [-0.2, -0.15) is 0 Å². The monoisotopic (exact) mass is 151 g/mol. The van der Waals surface area contributed by atoms with Gasteiger partial charge in [-0.05, 0) is 32.6 Å². The average molecular weight is 151 g/mol. The Hall–Kier alpha value is -0.460. The molecule has 0 N–H and O–H groups in total. The van der Waals surface area contributed by atoms with Crippen molar-refractivity contribution in [3.8, 4) is 0 Å². The quantitative estimate of drug-likeness (QED) is 0.556. The van der Waals surface area contributed by atoms with E-state index in [9.17, 15) is 0 Å². The normalized spacial score (nSPS) is 30.1. The molecule has 1 aliphatic heterocycles. The van der Waals surface area contributed by atoms with Crippen molar-refractivity contribution in [2.24, 2.45) is 5.92 Å². The summed E-state index contributed by atoms with van der Waals surface area (Å²) in [6.07, 6.45) is 8.07. The lowest BCUT2D eigenvalue weighted by molar-refractivity contribution is 0.399. The maximum atomic E-state index is 2.55. The SMILES string of the molecule is CCN1CCC2CCCC=C21. The predicted molar refractivity (Wildman–Crippen MR) is 47.3 cm³/mol. The van der Waals surface area contributed by atoms with E-state index in [0.717, 1.165) is 5.92 Å². The molecular formula is C10H17N. The molecule has 0 spiro atoms. The summed E-state index contributed by atoms with van der Waals surface area (Å²) in [6, 6.07) is 0. The number of hydrogen-bond donors (Lipinski definition) is 0.